The van der Waals surface area contributed by atoms with Gasteiger partial charge in [-0.1, -0.05) is 0 Å². The van der Waals surface area contributed by atoms with E-state index in [9.17, 15) is 9.59 Å². The van der Waals surface area contributed by atoms with Crippen molar-refractivity contribution in [1.82, 2.24) is 15.1 Å². The number of rotatable bonds is 1. The van der Waals surface area contributed by atoms with Crippen molar-refractivity contribution in [1.29, 1.82) is 0 Å². The van der Waals surface area contributed by atoms with Crippen LogP contribution in [-0.4, -0.2) is 33.1 Å². The zero-order valence-electron chi connectivity index (χ0n) is 10.1. The fourth-order valence-electron chi connectivity index (χ4n) is 2.42. The normalized spacial score (nSPS) is 24.7. The van der Waals surface area contributed by atoms with Crippen molar-refractivity contribution in [3.63, 3.8) is 0 Å². The molecule has 0 radical (unpaired) electrons. The molecule has 1 aromatic heterocycles. The van der Waals surface area contributed by atoms with Crippen LogP contribution in [0.1, 0.15) is 43.6 Å². The van der Waals surface area contributed by atoms with Gasteiger partial charge in [0.15, 0.2) is 0 Å². The second-order valence-electron chi connectivity index (χ2n) is 4.65. The van der Waals surface area contributed by atoms with Crippen molar-refractivity contribution in [2.45, 2.75) is 45.2 Å². The van der Waals surface area contributed by atoms with Gasteiger partial charge in [0.2, 0.25) is 0 Å². The molecular formula is C12H17N3O2. The van der Waals surface area contributed by atoms with Gasteiger partial charge in [-0.2, -0.15) is 5.10 Å². The van der Waals surface area contributed by atoms with Crippen LogP contribution in [0.3, 0.4) is 0 Å². The molecule has 0 aromatic carbocycles. The summed E-state index contributed by atoms with van der Waals surface area (Å²) < 4.78 is 0. The summed E-state index contributed by atoms with van der Waals surface area (Å²) in [5, 5.41) is 6.09. The molecule has 1 aliphatic heterocycles. The van der Waals surface area contributed by atoms with E-state index in [-0.39, 0.29) is 23.6 Å². The van der Waals surface area contributed by atoms with E-state index < -0.39 is 0 Å². The lowest BCUT2D eigenvalue weighted by molar-refractivity contribution is 0.0503. The first-order valence-corrected chi connectivity index (χ1v) is 5.98. The van der Waals surface area contributed by atoms with Crippen LogP contribution in [0.5, 0.6) is 0 Å². The monoisotopic (exact) mass is 235 g/mol. The van der Waals surface area contributed by atoms with Crippen LogP contribution in [0.4, 0.5) is 0 Å². The molecule has 17 heavy (non-hydrogen) atoms. The van der Waals surface area contributed by atoms with E-state index in [1.165, 1.54) is 12.1 Å². The molecule has 2 rings (SSSR count). The summed E-state index contributed by atoms with van der Waals surface area (Å²) in [6, 6.07) is 3.29. The number of nitrogens with zero attached hydrogens (tertiary/aromatic N) is 2. The fraction of sp³-hybridized carbons (Fsp3) is 0.583. The third-order valence-corrected chi connectivity index (χ3v) is 3.33. The molecule has 5 heteroatoms. The maximum Gasteiger partial charge on any atom is 0.274 e. The summed E-state index contributed by atoms with van der Waals surface area (Å²) in [4.78, 5) is 25.0. The number of hydrogen-bond donors (Lipinski definition) is 1. The highest BCUT2D eigenvalue weighted by atomic mass is 16.2. The molecule has 5 nitrogen and oxygen atoms in total. The minimum Gasteiger partial charge on any atom is -0.332 e. The van der Waals surface area contributed by atoms with Gasteiger partial charge in [-0.3, -0.25) is 9.59 Å². The minimum atomic E-state index is -0.290. The molecule has 1 fully saturated rings. The summed E-state index contributed by atoms with van der Waals surface area (Å²) in [5.74, 6) is -0.0963. The topological polar surface area (TPSA) is 66.1 Å². The molecule has 2 heterocycles. The highest BCUT2D eigenvalue weighted by Gasteiger charge is 2.30. The zero-order valence-corrected chi connectivity index (χ0v) is 10.1. The Labute approximate surface area is 99.8 Å². The van der Waals surface area contributed by atoms with Crippen molar-refractivity contribution < 1.29 is 4.79 Å². The molecular weight excluding hydrogens is 218 g/mol. The molecule has 1 saturated heterocycles. The lowest BCUT2D eigenvalue weighted by Gasteiger charge is -2.38. The van der Waals surface area contributed by atoms with Crippen LogP contribution in [-0.2, 0) is 0 Å². The maximum absolute atomic E-state index is 12.3. The summed E-state index contributed by atoms with van der Waals surface area (Å²) in [5.41, 5.74) is 0.0199. The van der Waals surface area contributed by atoms with Crippen LogP contribution in [0.2, 0.25) is 0 Å². The average Bonchev–Trinajstić information content (AvgIpc) is 2.29. The molecule has 1 N–H and O–H groups in total. The van der Waals surface area contributed by atoms with E-state index in [0.717, 1.165) is 19.3 Å². The minimum absolute atomic E-state index is 0.0963. The molecule has 0 saturated carbocycles. The maximum atomic E-state index is 12.3. The second kappa shape index (κ2) is 4.69. The molecule has 0 bridgehead atoms. The van der Waals surface area contributed by atoms with E-state index in [2.05, 4.69) is 24.0 Å². The van der Waals surface area contributed by atoms with Gasteiger partial charge < -0.3 is 4.90 Å². The summed E-state index contributed by atoms with van der Waals surface area (Å²) >= 11 is 0. The molecule has 2 atom stereocenters. The number of carbonyl (C=O) groups excluding carboxylic acids is 1. The first kappa shape index (κ1) is 11.8. The first-order chi connectivity index (χ1) is 8.09. The van der Waals surface area contributed by atoms with Crippen LogP contribution in [0.25, 0.3) is 0 Å². The van der Waals surface area contributed by atoms with Crippen LogP contribution < -0.4 is 5.56 Å². The Bertz CT molecular complexity index is 439. The highest BCUT2D eigenvalue weighted by Crippen LogP contribution is 2.23. The van der Waals surface area contributed by atoms with Gasteiger partial charge in [0, 0.05) is 18.2 Å². The average molecular weight is 235 g/mol. The van der Waals surface area contributed by atoms with Gasteiger partial charge in [-0.25, -0.2) is 5.10 Å². The molecule has 1 aliphatic rings. The SMILES string of the molecule is C[C@@H]1CCC[C@H](C)N1C(=O)c1ccc(=O)[nH]n1. The van der Waals surface area contributed by atoms with Gasteiger partial charge in [-0.15, -0.1) is 0 Å². The predicted octanol–water partition coefficient (Wildman–Crippen LogP) is 1.17. The number of hydrogen-bond acceptors (Lipinski definition) is 3. The number of likely N-dealkylation sites (tertiary alicyclic amines) is 1. The van der Waals surface area contributed by atoms with Crippen molar-refractivity contribution in [3.05, 3.63) is 28.2 Å². The number of piperidine rings is 1. The number of amides is 1. The van der Waals surface area contributed by atoms with Gasteiger partial charge in [-0.05, 0) is 39.2 Å². The van der Waals surface area contributed by atoms with Gasteiger partial charge in [0.1, 0.15) is 5.69 Å². The molecule has 0 unspecified atom stereocenters. The molecule has 1 aromatic rings. The molecule has 1 amide bonds. The Balaban J connectivity index is 2.23. The quantitative estimate of drug-likeness (QED) is 0.794. The third kappa shape index (κ3) is 2.38. The van der Waals surface area contributed by atoms with E-state index in [1.807, 2.05) is 4.90 Å². The second-order valence-corrected chi connectivity index (χ2v) is 4.65. The Morgan fingerprint density at radius 3 is 2.53 bits per heavy atom. The summed E-state index contributed by atoms with van der Waals surface area (Å²) in [6.45, 7) is 4.11. The molecule has 0 aliphatic carbocycles. The van der Waals surface area contributed by atoms with Gasteiger partial charge in [0.25, 0.3) is 11.5 Å². The van der Waals surface area contributed by atoms with Gasteiger partial charge in [0.05, 0.1) is 0 Å². The Kier molecular flexibility index (Phi) is 3.26. The third-order valence-electron chi connectivity index (χ3n) is 3.33. The van der Waals surface area contributed by atoms with E-state index in [1.54, 1.807) is 0 Å². The first-order valence-electron chi connectivity index (χ1n) is 5.98. The van der Waals surface area contributed by atoms with Crippen molar-refractivity contribution in [2.24, 2.45) is 0 Å². The zero-order chi connectivity index (χ0) is 12.4. The van der Waals surface area contributed by atoms with Crippen LogP contribution in [0.15, 0.2) is 16.9 Å². The Morgan fingerprint density at radius 2 is 2.00 bits per heavy atom. The number of aromatic amines is 1. The van der Waals surface area contributed by atoms with E-state index in [0.29, 0.717) is 5.69 Å². The van der Waals surface area contributed by atoms with Crippen LogP contribution in [0, 0.1) is 0 Å². The lowest BCUT2D eigenvalue weighted by Crippen LogP contribution is -2.47. The molecule has 0 spiro atoms. The van der Waals surface area contributed by atoms with Crippen molar-refractivity contribution >= 4 is 5.91 Å². The van der Waals surface area contributed by atoms with E-state index in [4.69, 9.17) is 0 Å². The Morgan fingerprint density at radius 1 is 1.35 bits per heavy atom. The highest BCUT2D eigenvalue weighted by molar-refractivity contribution is 5.92. The number of H-pyrrole nitrogens is 1. The van der Waals surface area contributed by atoms with Crippen molar-refractivity contribution in [3.8, 4) is 0 Å². The predicted molar refractivity (Wildman–Crippen MR) is 63.8 cm³/mol. The van der Waals surface area contributed by atoms with Crippen molar-refractivity contribution in [2.75, 3.05) is 0 Å². The smallest absolute Gasteiger partial charge is 0.274 e. The van der Waals surface area contributed by atoms with Gasteiger partial charge >= 0.3 is 0 Å². The number of carbonyl (C=O) groups is 1. The number of aromatic nitrogens is 2. The summed E-state index contributed by atoms with van der Waals surface area (Å²) in [7, 11) is 0. The molecule has 92 valence electrons. The van der Waals surface area contributed by atoms with E-state index >= 15 is 0 Å². The number of nitrogens with one attached hydrogen (secondary N) is 1. The van der Waals surface area contributed by atoms with Crippen LogP contribution >= 0.6 is 0 Å². The summed E-state index contributed by atoms with van der Waals surface area (Å²) in [6.07, 6.45) is 3.21. The standard InChI is InChI=1S/C12H17N3O2/c1-8-4-3-5-9(2)15(8)12(17)10-6-7-11(16)14-13-10/h6-9H,3-5H2,1-2H3,(H,14,16)/t8-,9+. The lowest BCUT2D eigenvalue weighted by atomic mass is 9.97. The largest absolute Gasteiger partial charge is 0.332 e. The fourth-order valence-corrected chi connectivity index (χ4v) is 2.42. The Hall–Kier alpha value is -1.65.